The fraction of sp³-hybridized carbons (Fsp3) is 0.238. The Labute approximate surface area is 186 Å². The summed E-state index contributed by atoms with van der Waals surface area (Å²) < 4.78 is 75.7. The molecule has 11 heteroatoms. The summed E-state index contributed by atoms with van der Waals surface area (Å²) in [6.07, 6.45) is 11.0. The molecule has 0 radical (unpaired) electrons. The van der Waals surface area contributed by atoms with Crippen LogP contribution in [0.1, 0.15) is 30.9 Å². The minimum absolute atomic E-state index is 0.0322. The van der Waals surface area contributed by atoms with E-state index in [1.807, 2.05) is 7.05 Å². The molecule has 170 valence electrons. The van der Waals surface area contributed by atoms with E-state index in [-0.39, 0.29) is 11.1 Å². The summed E-state index contributed by atoms with van der Waals surface area (Å²) >= 11 is 0. The highest BCUT2D eigenvalue weighted by molar-refractivity contribution is 7.95. The van der Waals surface area contributed by atoms with Crippen molar-refractivity contribution in [1.29, 1.82) is 5.41 Å². The number of nitrogens with one attached hydrogen (secondary N) is 1. The lowest BCUT2D eigenvalue weighted by molar-refractivity contribution is -0.671. The van der Waals surface area contributed by atoms with Crippen LogP contribution in [-0.4, -0.2) is 27.1 Å². The third-order valence-electron chi connectivity index (χ3n) is 4.94. The average Bonchev–Trinajstić information content (AvgIpc) is 3.28. The van der Waals surface area contributed by atoms with E-state index in [2.05, 4.69) is 34.8 Å². The summed E-state index contributed by atoms with van der Waals surface area (Å²) in [5, 5.41) is 7.80. The van der Waals surface area contributed by atoms with Crippen LogP contribution >= 0.6 is 0 Å². The monoisotopic (exact) mass is 482 g/mol. The molecule has 1 aromatic heterocycles. The molecule has 1 heterocycles. The Kier molecular flexibility index (Phi) is 6.61. The Morgan fingerprint density at radius 3 is 2.28 bits per heavy atom. The van der Waals surface area contributed by atoms with Gasteiger partial charge < -0.3 is 0 Å². The first-order chi connectivity index (χ1) is 14.9. The molecular formula is C21H22F2N3O4S2+. The van der Waals surface area contributed by atoms with Gasteiger partial charge in [-0.15, -0.1) is 7.77 Å². The fourth-order valence-electron chi connectivity index (χ4n) is 3.45. The molecule has 1 N–H and O–H groups in total. The highest BCUT2D eigenvalue weighted by Crippen LogP contribution is 2.43. The second-order valence-electron chi connectivity index (χ2n) is 7.32. The van der Waals surface area contributed by atoms with Crippen LogP contribution in [0, 0.1) is 5.41 Å². The van der Waals surface area contributed by atoms with Gasteiger partial charge in [-0.1, -0.05) is 37.6 Å². The Balaban J connectivity index is 0.000000243. The predicted molar refractivity (Wildman–Crippen MR) is 118 cm³/mol. The van der Waals surface area contributed by atoms with Crippen LogP contribution in [-0.2, 0) is 34.0 Å². The SMILES string of the molecule is CCCCn1cc[n+](C)c1.N=C1C2=Cc3ccccc3C2=CC(S(=O)(=O)F)=C1S(=O)(=O)F. The standard InChI is InChI=1S/C13H7F2NO4S2.C8H15N2/c14-21(17,18)11-6-9-8-4-2-1-3-7(8)5-10(9)12(16)13(11)22(15,19)20;1-3-4-5-10-7-6-9(2)8-10/h1-6,16H;6-8H,3-5H2,1-2H3/q;+1. The molecule has 0 aliphatic heterocycles. The normalized spacial score (nSPS) is 15.4. The van der Waals surface area contributed by atoms with Gasteiger partial charge >= 0.3 is 20.4 Å². The second kappa shape index (κ2) is 8.91. The molecule has 0 fully saturated rings. The van der Waals surface area contributed by atoms with Gasteiger partial charge in [0.05, 0.1) is 19.3 Å². The molecule has 0 spiro atoms. The number of aromatic nitrogens is 2. The van der Waals surface area contributed by atoms with Crippen LogP contribution in [0.25, 0.3) is 11.6 Å². The van der Waals surface area contributed by atoms with Crippen molar-refractivity contribution in [2.24, 2.45) is 7.05 Å². The molecule has 2 aliphatic rings. The summed E-state index contributed by atoms with van der Waals surface area (Å²) in [5.41, 5.74) is 0.432. The lowest BCUT2D eigenvalue weighted by Crippen LogP contribution is -2.23. The van der Waals surface area contributed by atoms with Gasteiger partial charge in [-0.2, -0.15) is 16.8 Å². The number of imidazole rings is 1. The first-order valence-corrected chi connectivity index (χ1v) is 12.5. The Morgan fingerprint density at radius 2 is 1.72 bits per heavy atom. The minimum atomic E-state index is -5.58. The van der Waals surface area contributed by atoms with E-state index in [4.69, 9.17) is 5.41 Å². The molecule has 32 heavy (non-hydrogen) atoms. The number of unbranched alkanes of at least 4 members (excludes halogenated alkanes) is 1. The van der Waals surface area contributed by atoms with Gasteiger partial charge in [0.25, 0.3) is 0 Å². The Bertz CT molecular complexity index is 1390. The van der Waals surface area contributed by atoms with Gasteiger partial charge in [-0.25, -0.2) is 9.13 Å². The van der Waals surface area contributed by atoms with Crippen molar-refractivity contribution >= 4 is 37.8 Å². The number of fused-ring (bicyclic) bond motifs is 3. The number of hydrogen-bond acceptors (Lipinski definition) is 5. The number of benzene rings is 1. The summed E-state index contributed by atoms with van der Waals surface area (Å²) in [7, 11) is -9.06. The van der Waals surface area contributed by atoms with E-state index in [0.717, 1.165) is 12.6 Å². The number of aryl methyl sites for hydroxylation is 2. The molecule has 7 nitrogen and oxygen atoms in total. The van der Waals surface area contributed by atoms with E-state index >= 15 is 0 Å². The first-order valence-electron chi connectivity index (χ1n) is 9.70. The van der Waals surface area contributed by atoms with Gasteiger partial charge in [0.15, 0.2) is 0 Å². The van der Waals surface area contributed by atoms with Crippen molar-refractivity contribution in [3.8, 4) is 0 Å². The molecule has 0 unspecified atom stereocenters. The largest absolute Gasteiger partial charge is 0.335 e. The smallest absolute Gasteiger partial charge is 0.299 e. The highest BCUT2D eigenvalue weighted by Gasteiger charge is 2.39. The molecule has 2 aromatic rings. The maximum atomic E-state index is 13.4. The van der Waals surface area contributed by atoms with E-state index in [1.165, 1.54) is 18.9 Å². The van der Waals surface area contributed by atoms with Crippen molar-refractivity contribution in [1.82, 2.24) is 4.57 Å². The number of nitrogens with zero attached hydrogens (tertiary/aromatic N) is 2. The zero-order valence-corrected chi connectivity index (χ0v) is 19.1. The van der Waals surface area contributed by atoms with Crippen LogP contribution in [0.5, 0.6) is 0 Å². The zero-order chi connectivity index (χ0) is 23.7. The molecular weight excluding hydrogens is 460 g/mol. The predicted octanol–water partition coefficient (Wildman–Crippen LogP) is 3.42. The Morgan fingerprint density at radius 1 is 1.03 bits per heavy atom. The summed E-state index contributed by atoms with van der Waals surface area (Å²) in [5.74, 6) is 0. The fourth-order valence-corrected chi connectivity index (χ4v) is 5.28. The van der Waals surface area contributed by atoms with Gasteiger partial charge in [-0.05, 0) is 35.3 Å². The van der Waals surface area contributed by atoms with E-state index in [9.17, 15) is 24.6 Å². The third kappa shape index (κ3) is 4.94. The van der Waals surface area contributed by atoms with E-state index in [0.29, 0.717) is 11.1 Å². The van der Waals surface area contributed by atoms with Crippen molar-refractivity contribution in [2.75, 3.05) is 0 Å². The topological polar surface area (TPSA) is 101 Å². The van der Waals surface area contributed by atoms with Crippen molar-refractivity contribution in [2.45, 2.75) is 26.3 Å². The zero-order valence-electron chi connectivity index (χ0n) is 17.4. The van der Waals surface area contributed by atoms with E-state index in [1.54, 1.807) is 24.3 Å². The van der Waals surface area contributed by atoms with E-state index < -0.39 is 36.0 Å². The van der Waals surface area contributed by atoms with Crippen LogP contribution in [0.3, 0.4) is 0 Å². The first kappa shape index (κ1) is 23.7. The second-order valence-corrected chi connectivity index (χ2v) is 9.92. The molecule has 0 bridgehead atoms. The summed E-state index contributed by atoms with van der Waals surface area (Å²) in [4.78, 5) is -2.83. The molecule has 0 amide bonds. The van der Waals surface area contributed by atoms with Gasteiger partial charge in [0.2, 0.25) is 6.33 Å². The summed E-state index contributed by atoms with van der Waals surface area (Å²) in [6, 6.07) is 6.59. The van der Waals surface area contributed by atoms with Gasteiger partial charge in [-0.3, -0.25) is 5.41 Å². The number of hydrogen-bond donors (Lipinski definition) is 1. The van der Waals surface area contributed by atoms with Crippen LogP contribution < -0.4 is 4.57 Å². The van der Waals surface area contributed by atoms with Crippen LogP contribution in [0.2, 0.25) is 0 Å². The molecule has 4 rings (SSSR count). The number of halogens is 2. The quantitative estimate of drug-likeness (QED) is 0.521. The minimum Gasteiger partial charge on any atom is -0.299 e. The third-order valence-corrected chi connectivity index (χ3v) is 6.82. The average molecular weight is 483 g/mol. The number of allylic oxidation sites excluding steroid dienone is 4. The van der Waals surface area contributed by atoms with Crippen molar-refractivity contribution < 1.29 is 29.2 Å². The highest BCUT2D eigenvalue weighted by atomic mass is 32.3. The molecule has 1 aromatic carbocycles. The van der Waals surface area contributed by atoms with Crippen molar-refractivity contribution in [3.63, 3.8) is 0 Å². The number of rotatable bonds is 5. The van der Waals surface area contributed by atoms with Gasteiger partial charge in [0, 0.05) is 5.57 Å². The maximum Gasteiger partial charge on any atom is 0.335 e. The van der Waals surface area contributed by atoms with Crippen LogP contribution in [0.15, 0.2) is 64.4 Å². The maximum absolute atomic E-state index is 13.4. The van der Waals surface area contributed by atoms with Crippen LogP contribution in [0.4, 0.5) is 7.77 Å². The lowest BCUT2D eigenvalue weighted by atomic mass is 9.95. The summed E-state index contributed by atoms with van der Waals surface area (Å²) in [6.45, 7) is 3.36. The van der Waals surface area contributed by atoms with Crippen molar-refractivity contribution in [3.05, 3.63) is 75.6 Å². The Hall–Kier alpha value is -2.92. The molecule has 2 aliphatic carbocycles. The molecule has 0 atom stereocenters. The lowest BCUT2D eigenvalue weighted by Gasteiger charge is -2.17. The van der Waals surface area contributed by atoms with Gasteiger partial charge in [0.1, 0.15) is 22.2 Å². The molecule has 0 saturated carbocycles. The molecule has 0 saturated heterocycles.